The molecule has 1 heterocycles. The first kappa shape index (κ1) is 12.1. The van der Waals surface area contributed by atoms with Crippen LogP contribution in [0.3, 0.4) is 0 Å². The van der Waals surface area contributed by atoms with Gasteiger partial charge >= 0.3 is 0 Å². The topological polar surface area (TPSA) is 36.5 Å². The second-order valence-corrected chi connectivity index (χ2v) is 4.23. The molecule has 1 aliphatic rings. The van der Waals surface area contributed by atoms with E-state index in [1.165, 1.54) is 5.69 Å². The highest BCUT2D eigenvalue weighted by atomic mass is 32.1. The quantitative estimate of drug-likeness (QED) is 0.778. The van der Waals surface area contributed by atoms with E-state index in [0.717, 1.165) is 32.0 Å². The van der Waals surface area contributed by atoms with Crippen LogP contribution >= 0.6 is 12.2 Å². The number of thiocarbonyl (C=S) groups is 1. The minimum atomic E-state index is 0.630. The summed E-state index contributed by atoms with van der Waals surface area (Å²) >= 11 is 5.13. The molecule has 17 heavy (non-hydrogen) atoms. The summed E-state index contributed by atoms with van der Waals surface area (Å²) in [4.78, 5) is 2.31. The van der Waals surface area contributed by atoms with Gasteiger partial charge in [-0.15, -0.1) is 0 Å². The van der Waals surface area contributed by atoms with E-state index in [1.807, 2.05) is 25.2 Å². The Hall–Kier alpha value is -1.33. The van der Waals surface area contributed by atoms with Gasteiger partial charge in [-0.3, -0.25) is 0 Å². The van der Waals surface area contributed by atoms with Crippen molar-refractivity contribution in [3.05, 3.63) is 24.3 Å². The van der Waals surface area contributed by atoms with Gasteiger partial charge < -0.3 is 20.3 Å². The molecule has 0 atom stereocenters. The lowest BCUT2D eigenvalue weighted by Crippen LogP contribution is -2.37. The van der Waals surface area contributed by atoms with E-state index in [0.29, 0.717) is 5.11 Å². The maximum absolute atomic E-state index is 5.36. The minimum absolute atomic E-state index is 0.630. The van der Waals surface area contributed by atoms with Gasteiger partial charge in [-0.1, -0.05) is 12.1 Å². The van der Waals surface area contributed by atoms with Crippen molar-refractivity contribution in [1.29, 1.82) is 0 Å². The van der Waals surface area contributed by atoms with Crippen molar-refractivity contribution in [3.63, 3.8) is 0 Å². The summed E-state index contributed by atoms with van der Waals surface area (Å²) in [6.07, 6.45) is 0. The molecule has 1 aromatic rings. The minimum Gasteiger partial charge on any atom is -0.378 e. The largest absolute Gasteiger partial charge is 0.378 e. The second-order valence-electron chi connectivity index (χ2n) is 3.82. The monoisotopic (exact) mass is 251 g/mol. The average Bonchev–Trinajstić information content (AvgIpc) is 2.40. The lowest BCUT2D eigenvalue weighted by atomic mass is 10.2. The number of hydrogen-bond donors (Lipinski definition) is 2. The number of morpholine rings is 1. The summed E-state index contributed by atoms with van der Waals surface area (Å²) in [7, 11) is 1.81. The number of para-hydroxylation sites is 2. The smallest absolute Gasteiger partial charge is 0.170 e. The number of benzene rings is 1. The Bertz CT molecular complexity index is 391. The molecule has 92 valence electrons. The molecule has 4 nitrogen and oxygen atoms in total. The molecule has 2 N–H and O–H groups in total. The van der Waals surface area contributed by atoms with Gasteiger partial charge in [-0.25, -0.2) is 0 Å². The molecular weight excluding hydrogens is 234 g/mol. The SMILES string of the molecule is CNC(=S)Nc1ccccc1N1CCOCC1. The predicted octanol–water partition coefficient (Wildman–Crippen LogP) is 1.44. The van der Waals surface area contributed by atoms with Crippen LogP contribution in [0.5, 0.6) is 0 Å². The van der Waals surface area contributed by atoms with E-state index in [1.54, 1.807) is 0 Å². The third-order valence-corrected chi connectivity index (χ3v) is 3.04. The summed E-state index contributed by atoms with van der Waals surface area (Å²) in [5.74, 6) is 0. The molecule has 0 saturated carbocycles. The van der Waals surface area contributed by atoms with Gasteiger partial charge in [0.1, 0.15) is 0 Å². The van der Waals surface area contributed by atoms with E-state index in [2.05, 4.69) is 21.6 Å². The molecule has 5 heteroatoms. The van der Waals surface area contributed by atoms with Crippen LogP contribution in [-0.4, -0.2) is 38.5 Å². The first-order chi connectivity index (χ1) is 8.31. The van der Waals surface area contributed by atoms with E-state index in [-0.39, 0.29) is 0 Å². The van der Waals surface area contributed by atoms with Crippen molar-refractivity contribution in [2.45, 2.75) is 0 Å². The normalized spacial score (nSPS) is 15.5. The van der Waals surface area contributed by atoms with Crippen LogP contribution in [0.4, 0.5) is 11.4 Å². The van der Waals surface area contributed by atoms with Crippen molar-refractivity contribution in [2.24, 2.45) is 0 Å². The summed E-state index contributed by atoms with van der Waals surface area (Å²) in [6, 6.07) is 8.18. The second kappa shape index (κ2) is 5.84. The molecule has 0 amide bonds. The fraction of sp³-hybridized carbons (Fsp3) is 0.417. The number of ether oxygens (including phenoxy) is 1. The molecule has 1 saturated heterocycles. The third kappa shape index (κ3) is 3.08. The van der Waals surface area contributed by atoms with Gasteiger partial charge in [-0.2, -0.15) is 0 Å². The zero-order chi connectivity index (χ0) is 12.1. The molecule has 1 fully saturated rings. The molecule has 2 rings (SSSR count). The molecule has 1 aliphatic heterocycles. The van der Waals surface area contributed by atoms with Gasteiger partial charge in [0.05, 0.1) is 24.6 Å². The molecule has 1 aromatic carbocycles. The summed E-state index contributed by atoms with van der Waals surface area (Å²) < 4.78 is 5.36. The standard InChI is InChI=1S/C12H17N3OS/c1-13-12(17)14-10-4-2-3-5-11(10)15-6-8-16-9-7-15/h2-5H,6-9H2,1H3,(H2,13,14,17). The van der Waals surface area contributed by atoms with Gasteiger partial charge in [0.2, 0.25) is 0 Å². The lowest BCUT2D eigenvalue weighted by molar-refractivity contribution is 0.123. The van der Waals surface area contributed by atoms with Crippen LogP contribution in [0.25, 0.3) is 0 Å². The average molecular weight is 251 g/mol. The van der Waals surface area contributed by atoms with Crippen molar-refractivity contribution in [3.8, 4) is 0 Å². The van der Waals surface area contributed by atoms with Crippen LogP contribution in [0.2, 0.25) is 0 Å². The van der Waals surface area contributed by atoms with Gasteiger partial charge in [0.25, 0.3) is 0 Å². The van der Waals surface area contributed by atoms with E-state index >= 15 is 0 Å². The third-order valence-electron chi connectivity index (χ3n) is 2.73. The molecule has 0 bridgehead atoms. The Balaban J connectivity index is 2.17. The van der Waals surface area contributed by atoms with Crippen LogP contribution < -0.4 is 15.5 Å². The Kier molecular flexibility index (Phi) is 4.17. The Morgan fingerprint density at radius 3 is 2.71 bits per heavy atom. The predicted molar refractivity (Wildman–Crippen MR) is 74.8 cm³/mol. The Labute approximate surface area is 107 Å². The van der Waals surface area contributed by atoms with Crippen LogP contribution in [-0.2, 0) is 4.74 Å². The molecule has 0 aliphatic carbocycles. The maximum Gasteiger partial charge on any atom is 0.170 e. The highest BCUT2D eigenvalue weighted by Gasteiger charge is 2.14. The molecule has 0 radical (unpaired) electrons. The number of hydrogen-bond acceptors (Lipinski definition) is 3. The van der Waals surface area contributed by atoms with Gasteiger partial charge in [0.15, 0.2) is 5.11 Å². The lowest BCUT2D eigenvalue weighted by Gasteiger charge is -2.30. The number of rotatable bonds is 2. The van der Waals surface area contributed by atoms with Crippen LogP contribution in [0, 0.1) is 0 Å². The van der Waals surface area contributed by atoms with E-state index in [9.17, 15) is 0 Å². The van der Waals surface area contributed by atoms with E-state index in [4.69, 9.17) is 17.0 Å². The number of nitrogens with one attached hydrogen (secondary N) is 2. The first-order valence-electron chi connectivity index (χ1n) is 5.71. The zero-order valence-electron chi connectivity index (χ0n) is 9.90. The maximum atomic E-state index is 5.36. The number of nitrogens with zero attached hydrogens (tertiary/aromatic N) is 1. The first-order valence-corrected chi connectivity index (χ1v) is 6.12. The molecular formula is C12H17N3OS. The number of anilines is 2. The molecule has 0 unspecified atom stereocenters. The summed E-state index contributed by atoms with van der Waals surface area (Å²) in [6.45, 7) is 3.41. The van der Waals surface area contributed by atoms with Crippen molar-refractivity contribution >= 4 is 28.7 Å². The van der Waals surface area contributed by atoms with Gasteiger partial charge in [-0.05, 0) is 24.4 Å². The van der Waals surface area contributed by atoms with Crippen LogP contribution in [0.15, 0.2) is 24.3 Å². The Morgan fingerprint density at radius 1 is 1.29 bits per heavy atom. The van der Waals surface area contributed by atoms with Crippen molar-refractivity contribution in [2.75, 3.05) is 43.6 Å². The van der Waals surface area contributed by atoms with E-state index < -0.39 is 0 Å². The van der Waals surface area contributed by atoms with Crippen LogP contribution in [0.1, 0.15) is 0 Å². The fourth-order valence-electron chi connectivity index (χ4n) is 1.84. The molecule has 0 spiro atoms. The van der Waals surface area contributed by atoms with Crippen molar-refractivity contribution < 1.29 is 4.74 Å². The zero-order valence-corrected chi connectivity index (χ0v) is 10.7. The van der Waals surface area contributed by atoms with Crippen molar-refractivity contribution in [1.82, 2.24) is 5.32 Å². The highest BCUT2D eigenvalue weighted by Crippen LogP contribution is 2.26. The Morgan fingerprint density at radius 2 is 2.00 bits per heavy atom. The van der Waals surface area contributed by atoms with Gasteiger partial charge in [0, 0.05) is 20.1 Å². The fourth-order valence-corrected chi connectivity index (χ4v) is 1.95. The molecule has 0 aromatic heterocycles. The summed E-state index contributed by atoms with van der Waals surface area (Å²) in [5, 5.41) is 6.75. The highest BCUT2D eigenvalue weighted by molar-refractivity contribution is 7.80. The summed E-state index contributed by atoms with van der Waals surface area (Å²) in [5.41, 5.74) is 2.21.